The van der Waals surface area contributed by atoms with Gasteiger partial charge in [-0.2, -0.15) is 5.26 Å². The Hall–Kier alpha value is -3.72. The van der Waals surface area contributed by atoms with Gasteiger partial charge in [0.25, 0.3) is 5.91 Å². The molecule has 236 valence electrons. The molecule has 1 aromatic rings. The van der Waals surface area contributed by atoms with E-state index in [2.05, 4.69) is 35.9 Å². The van der Waals surface area contributed by atoms with Crippen LogP contribution in [0.5, 0.6) is 5.75 Å². The van der Waals surface area contributed by atoms with Gasteiger partial charge in [0.1, 0.15) is 29.7 Å². The van der Waals surface area contributed by atoms with E-state index in [4.69, 9.17) is 9.47 Å². The van der Waals surface area contributed by atoms with Crippen LogP contribution in [-0.4, -0.2) is 72.5 Å². The number of nitriles is 1. The molecule has 2 aliphatic carbocycles. The molecule has 1 aromatic carbocycles. The summed E-state index contributed by atoms with van der Waals surface area (Å²) in [5.74, 6) is -1.01. The third-order valence-electron chi connectivity index (χ3n) is 10.2. The van der Waals surface area contributed by atoms with Crippen molar-refractivity contribution in [2.45, 2.75) is 83.0 Å². The third kappa shape index (κ3) is 6.25. The van der Waals surface area contributed by atoms with Gasteiger partial charge in [-0.15, -0.1) is 0 Å². The van der Waals surface area contributed by atoms with E-state index in [0.717, 1.165) is 31.7 Å². The van der Waals surface area contributed by atoms with Gasteiger partial charge in [-0.3, -0.25) is 19.2 Å². The van der Waals surface area contributed by atoms with Gasteiger partial charge in [-0.25, -0.2) is 4.39 Å². The Morgan fingerprint density at radius 3 is 2.59 bits per heavy atom. The number of likely N-dealkylation sites (tertiary alicyclic amines) is 1. The van der Waals surface area contributed by atoms with Gasteiger partial charge in [0.05, 0.1) is 11.8 Å². The van der Waals surface area contributed by atoms with Crippen molar-refractivity contribution in [1.29, 1.82) is 5.26 Å². The minimum Gasteiger partial charge on any atom is -0.478 e. The first kappa shape index (κ1) is 30.3. The second kappa shape index (κ2) is 12.0. The first-order valence-corrected chi connectivity index (χ1v) is 15.7. The Balaban J connectivity index is 1.13. The summed E-state index contributed by atoms with van der Waals surface area (Å²) in [5, 5.41) is 18.3. The van der Waals surface area contributed by atoms with Gasteiger partial charge in [-0.05, 0) is 60.5 Å². The number of hydrogen-bond acceptors (Lipinski definition) is 7. The van der Waals surface area contributed by atoms with Crippen molar-refractivity contribution in [1.82, 2.24) is 15.5 Å². The fraction of sp³-hybridized carbons (Fsp3) is 0.656. The van der Waals surface area contributed by atoms with Crippen LogP contribution in [0, 0.1) is 46.2 Å². The highest BCUT2D eigenvalue weighted by Crippen LogP contribution is 2.65. The minimum atomic E-state index is -1.07. The number of halogens is 1. The number of ether oxygens (including phenoxy) is 2. The van der Waals surface area contributed by atoms with Crippen LogP contribution in [0.3, 0.4) is 0 Å². The van der Waals surface area contributed by atoms with Crippen molar-refractivity contribution >= 4 is 29.3 Å². The molecule has 4 fully saturated rings. The third-order valence-corrected chi connectivity index (χ3v) is 10.2. The summed E-state index contributed by atoms with van der Waals surface area (Å²) in [4.78, 5) is 55.1. The lowest BCUT2D eigenvalue weighted by Gasteiger charge is -2.34. The lowest BCUT2D eigenvalue weighted by molar-refractivity contribution is -0.143. The van der Waals surface area contributed by atoms with E-state index >= 15 is 0 Å². The number of nitrogens with one attached hydrogen (secondary N) is 3. The van der Waals surface area contributed by atoms with Crippen molar-refractivity contribution in [3.8, 4) is 11.8 Å². The van der Waals surface area contributed by atoms with Gasteiger partial charge in [0.2, 0.25) is 17.7 Å². The molecule has 2 saturated heterocycles. The first-order chi connectivity index (χ1) is 21.0. The van der Waals surface area contributed by atoms with Crippen LogP contribution in [0.2, 0.25) is 0 Å². The van der Waals surface area contributed by atoms with E-state index in [1.54, 1.807) is 4.90 Å². The molecule has 2 unspecified atom stereocenters. The van der Waals surface area contributed by atoms with E-state index in [9.17, 15) is 28.8 Å². The summed E-state index contributed by atoms with van der Waals surface area (Å²) in [6, 6.07) is 3.24. The van der Waals surface area contributed by atoms with Crippen molar-refractivity contribution in [2.75, 3.05) is 25.1 Å². The quantitative estimate of drug-likeness (QED) is 0.369. The lowest BCUT2D eigenvalue weighted by Crippen LogP contribution is -2.57. The molecule has 0 aromatic heterocycles. The Morgan fingerprint density at radius 1 is 1.14 bits per heavy atom. The van der Waals surface area contributed by atoms with Crippen LogP contribution >= 0.6 is 0 Å². The summed E-state index contributed by atoms with van der Waals surface area (Å²) in [6.07, 6.45) is 3.36. The zero-order valence-corrected chi connectivity index (χ0v) is 25.1. The standard InChI is InChI=1S/C32H40FN5O6/c1-32(2)21-16-38(31(42)23(11-17-3-4-17)36-26(39)12-18-7-9-43-10-8-18)28(27(21)32)30(41)35-20(15-34)14-25-29(40)37-22-13-19(33)5-6-24(22)44-25/h5-6,13,17-18,20-21,23,25,27-28H,3-4,7-12,14,16H2,1-2H3,(H,35,41)(H,36,39)(H,37,40)/t20-,21-,23?,25?,27-,28-/m0/s1. The number of benzene rings is 1. The number of anilines is 1. The average molecular weight is 610 g/mol. The molecule has 3 aliphatic heterocycles. The second-order valence-electron chi connectivity index (χ2n) is 13.6. The maximum absolute atomic E-state index is 14.0. The van der Waals surface area contributed by atoms with E-state index in [-0.39, 0.29) is 52.8 Å². The summed E-state index contributed by atoms with van der Waals surface area (Å²) in [5.41, 5.74) is 0.0522. The molecule has 0 spiro atoms. The zero-order valence-electron chi connectivity index (χ0n) is 25.1. The number of amides is 4. The molecule has 2 saturated carbocycles. The second-order valence-corrected chi connectivity index (χ2v) is 13.6. The van der Waals surface area contributed by atoms with E-state index in [1.807, 2.05) is 0 Å². The molecule has 0 radical (unpaired) electrons. The van der Waals surface area contributed by atoms with E-state index < -0.39 is 41.9 Å². The monoisotopic (exact) mass is 609 g/mol. The maximum atomic E-state index is 14.0. The number of piperidine rings is 1. The highest BCUT2D eigenvalue weighted by molar-refractivity contribution is 5.98. The fourth-order valence-electron chi connectivity index (χ4n) is 7.28. The van der Waals surface area contributed by atoms with Crippen molar-refractivity contribution in [3.63, 3.8) is 0 Å². The van der Waals surface area contributed by atoms with Gasteiger partial charge in [0.15, 0.2) is 6.10 Å². The maximum Gasteiger partial charge on any atom is 0.265 e. The smallest absolute Gasteiger partial charge is 0.265 e. The van der Waals surface area contributed by atoms with Crippen molar-refractivity contribution in [3.05, 3.63) is 24.0 Å². The molecule has 4 amide bonds. The number of carbonyl (C=O) groups is 4. The average Bonchev–Trinajstić information content (AvgIpc) is 3.84. The number of nitrogens with zero attached hydrogens (tertiary/aromatic N) is 2. The summed E-state index contributed by atoms with van der Waals surface area (Å²) in [6.45, 7) is 5.83. The molecule has 3 N–H and O–H groups in total. The number of carbonyl (C=O) groups excluding carboxylic acids is 4. The van der Waals surface area contributed by atoms with E-state index in [0.29, 0.717) is 38.5 Å². The normalized spacial score (nSPS) is 28.3. The van der Waals surface area contributed by atoms with Crippen molar-refractivity contribution < 1.29 is 33.0 Å². The molecule has 3 heterocycles. The van der Waals surface area contributed by atoms with Gasteiger partial charge in [0, 0.05) is 38.7 Å². The SMILES string of the molecule is CC1(C)[C@@H]2[C@@H](C(=O)N[C@H](C#N)CC3Oc4ccc(F)cc4NC3=O)N(C(=O)C(CC3CC3)NC(=O)CC3CCOCC3)C[C@@H]21. The van der Waals surface area contributed by atoms with Crippen LogP contribution in [0.25, 0.3) is 0 Å². The molecule has 11 nitrogen and oxygen atoms in total. The molecule has 6 rings (SSSR count). The highest BCUT2D eigenvalue weighted by Gasteiger charge is 2.69. The topological polar surface area (TPSA) is 150 Å². The highest BCUT2D eigenvalue weighted by atomic mass is 19.1. The lowest BCUT2D eigenvalue weighted by atomic mass is 9.95. The number of fused-ring (bicyclic) bond motifs is 2. The summed E-state index contributed by atoms with van der Waals surface area (Å²) in [7, 11) is 0. The zero-order chi connectivity index (χ0) is 31.2. The predicted molar refractivity (Wildman–Crippen MR) is 155 cm³/mol. The molecule has 12 heteroatoms. The summed E-state index contributed by atoms with van der Waals surface area (Å²) >= 11 is 0. The molecule has 6 atom stereocenters. The Kier molecular flexibility index (Phi) is 8.26. The van der Waals surface area contributed by atoms with Crippen LogP contribution in [0.15, 0.2) is 18.2 Å². The Morgan fingerprint density at radius 2 is 1.89 bits per heavy atom. The molecule has 5 aliphatic rings. The molecule has 0 bridgehead atoms. The molecule has 44 heavy (non-hydrogen) atoms. The first-order valence-electron chi connectivity index (χ1n) is 15.7. The molecular weight excluding hydrogens is 569 g/mol. The van der Waals surface area contributed by atoms with Gasteiger partial charge in [-0.1, -0.05) is 26.7 Å². The van der Waals surface area contributed by atoms with Crippen LogP contribution < -0.4 is 20.7 Å². The summed E-state index contributed by atoms with van der Waals surface area (Å²) < 4.78 is 24.7. The van der Waals surface area contributed by atoms with Crippen LogP contribution in [0.4, 0.5) is 10.1 Å². The Labute approximate surface area is 256 Å². The van der Waals surface area contributed by atoms with Gasteiger partial charge < -0.3 is 30.3 Å². The van der Waals surface area contributed by atoms with Crippen LogP contribution in [0.1, 0.15) is 58.8 Å². The van der Waals surface area contributed by atoms with Gasteiger partial charge >= 0.3 is 0 Å². The largest absolute Gasteiger partial charge is 0.478 e. The van der Waals surface area contributed by atoms with Crippen LogP contribution in [-0.2, 0) is 23.9 Å². The van der Waals surface area contributed by atoms with Crippen molar-refractivity contribution in [2.24, 2.45) is 29.1 Å². The molecular formula is C32H40FN5O6. The number of hydrogen-bond donors (Lipinski definition) is 3. The fourth-order valence-corrected chi connectivity index (χ4v) is 7.28. The Bertz CT molecular complexity index is 1370. The predicted octanol–water partition coefficient (Wildman–Crippen LogP) is 2.51. The number of rotatable bonds is 10. The van der Waals surface area contributed by atoms with E-state index in [1.165, 1.54) is 12.1 Å². The minimum absolute atomic E-state index is 0.0821.